The molecule has 1 amide bonds. The molecule has 0 spiro atoms. The molecule has 1 atom stereocenters. The van der Waals surface area contributed by atoms with Crippen LogP contribution < -0.4 is 5.32 Å². The molecule has 2 N–H and O–H groups in total. The fraction of sp³-hybridized carbons (Fsp3) is 0.800. The van der Waals surface area contributed by atoms with Crippen LogP contribution in [0.2, 0.25) is 0 Å². The number of allylic oxidation sites excluding steroid dienone is 1. The van der Waals surface area contributed by atoms with Crippen LogP contribution >= 0.6 is 0 Å². The number of rotatable bonds is 8. The average molecular weight is 268 g/mol. The maximum absolute atomic E-state index is 11.8. The Hall–Kier alpha value is -0.870. The highest BCUT2D eigenvalue weighted by atomic mass is 16.3. The van der Waals surface area contributed by atoms with Crippen LogP contribution in [0.3, 0.4) is 0 Å². The smallest absolute Gasteiger partial charge is 0.223 e. The van der Waals surface area contributed by atoms with Crippen LogP contribution in [0.5, 0.6) is 0 Å². The minimum Gasteiger partial charge on any atom is -0.392 e. The molecule has 19 heavy (non-hydrogen) atoms. The molecule has 0 bridgehead atoms. The third-order valence-corrected chi connectivity index (χ3v) is 3.68. The number of amides is 1. The summed E-state index contributed by atoms with van der Waals surface area (Å²) in [4.78, 5) is 14.1. The predicted octanol–water partition coefficient (Wildman–Crippen LogP) is 1.55. The Morgan fingerprint density at radius 3 is 2.79 bits per heavy atom. The number of nitrogens with one attached hydrogen (secondary N) is 1. The van der Waals surface area contributed by atoms with Gasteiger partial charge in [-0.2, -0.15) is 0 Å². The van der Waals surface area contributed by atoms with Gasteiger partial charge in [-0.15, -0.1) is 6.58 Å². The molecule has 4 heteroatoms. The fourth-order valence-corrected chi connectivity index (χ4v) is 2.47. The SMILES string of the molecule is C=CCCC(O)CN1CCC(C(=O)NCCC)CC1. The molecule has 0 aromatic rings. The second-order valence-corrected chi connectivity index (χ2v) is 5.39. The summed E-state index contributed by atoms with van der Waals surface area (Å²) in [7, 11) is 0. The minimum absolute atomic E-state index is 0.160. The van der Waals surface area contributed by atoms with Gasteiger partial charge < -0.3 is 15.3 Å². The number of carbonyl (C=O) groups is 1. The highest BCUT2D eigenvalue weighted by Crippen LogP contribution is 2.18. The number of aliphatic hydroxyl groups excluding tert-OH is 1. The summed E-state index contributed by atoms with van der Waals surface area (Å²) in [6.07, 6.45) is 6.00. The van der Waals surface area contributed by atoms with E-state index in [4.69, 9.17) is 0 Å². The van der Waals surface area contributed by atoms with Crippen LogP contribution in [0.1, 0.15) is 39.0 Å². The van der Waals surface area contributed by atoms with Crippen molar-refractivity contribution < 1.29 is 9.90 Å². The molecule has 0 aromatic heterocycles. The van der Waals surface area contributed by atoms with Crippen molar-refractivity contribution in [1.29, 1.82) is 0 Å². The lowest BCUT2D eigenvalue weighted by Gasteiger charge is -2.32. The van der Waals surface area contributed by atoms with E-state index in [2.05, 4.69) is 23.7 Å². The van der Waals surface area contributed by atoms with Crippen LogP contribution in [0, 0.1) is 5.92 Å². The number of β-amino-alcohol motifs (C(OH)–C–C–N with tert-alkyl or cyclic N) is 1. The number of hydrogen-bond acceptors (Lipinski definition) is 3. The van der Waals surface area contributed by atoms with E-state index >= 15 is 0 Å². The Kier molecular flexibility index (Phi) is 7.75. The van der Waals surface area contributed by atoms with Crippen molar-refractivity contribution in [1.82, 2.24) is 10.2 Å². The second-order valence-electron chi connectivity index (χ2n) is 5.39. The Morgan fingerprint density at radius 1 is 1.53 bits per heavy atom. The van der Waals surface area contributed by atoms with Crippen LogP contribution in [0.25, 0.3) is 0 Å². The highest BCUT2D eigenvalue weighted by Gasteiger charge is 2.25. The van der Waals surface area contributed by atoms with Crippen molar-refractivity contribution in [2.75, 3.05) is 26.2 Å². The van der Waals surface area contributed by atoms with Gasteiger partial charge in [0, 0.05) is 19.0 Å². The normalized spacial score (nSPS) is 19.1. The van der Waals surface area contributed by atoms with Gasteiger partial charge in [-0.1, -0.05) is 13.0 Å². The molecule has 1 unspecified atom stereocenters. The molecular weight excluding hydrogens is 240 g/mol. The topological polar surface area (TPSA) is 52.6 Å². The van der Waals surface area contributed by atoms with E-state index in [0.717, 1.165) is 58.3 Å². The van der Waals surface area contributed by atoms with E-state index in [0.29, 0.717) is 0 Å². The molecule has 0 saturated carbocycles. The van der Waals surface area contributed by atoms with Crippen molar-refractivity contribution in [3.05, 3.63) is 12.7 Å². The van der Waals surface area contributed by atoms with Gasteiger partial charge in [0.2, 0.25) is 5.91 Å². The Morgan fingerprint density at radius 2 is 2.21 bits per heavy atom. The second kappa shape index (κ2) is 9.10. The molecule has 1 aliphatic heterocycles. The first-order chi connectivity index (χ1) is 9.17. The molecule has 0 aromatic carbocycles. The lowest BCUT2D eigenvalue weighted by atomic mass is 9.95. The third-order valence-electron chi connectivity index (χ3n) is 3.68. The van der Waals surface area contributed by atoms with E-state index in [1.165, 1.54) is 0 Å². The van der Waals surface area contributed by atoms with Gasteiger partial charge in [-0.05, 0) is 45.2 Å². The largest absolute Gasteiger partial charge is 0.392 e. The summed E-state index contributed by atoms with van der Waals surface area (Å²) in [5, 5.41) is 12.8. The van der Waals surface area contributed by atoms with Gasteiger partial charge in [0.25, 0.3) is 0 Å². The van der Waals surface area contributed by atoms with Gasteiger partial charge in [-0.25, -0.2) is 0 Å². The van der Waals surface area contributed by atoms with Crippen LogP contribution in [-0.2, 0) is 4.79 Å². The van der Waals surface area contributed by atoms with Crippen LogP contribution in [-0.4, -0.2) is 48.2 Å². The van der Waals surface area contributed by atoms with E-state index in [1.54, 1.807) is 0 Å². The van der Waals surface area contributed by atoms with Gasteiger partial charge in [0.05, 0.1) is 6.10 Å². The lowest BCUT2D eigenvalue weighted by molar-refractivity contribution is -0.126. The number of nitrogens with zero attached hydrogens (tertiary/aromatic N) is 1. The third kappa shape index (κ3) is 6.21. The van der Waals surface area contributed by atoms with Crippen molar-refractivity contribution in [2.45, 2.75) is 45.1 Å². The van der Waals surface area contributed by atoms with E-state index in [-0.39, 0.29) is 17.9 Å². The summed E-state index contributed by atoms with van der Waals surface area (Å²) in [6, 6.07) is 0. The molecule has 1 fully saturated rings. The summed E-state index contributed by atoms with van der Waals surface area (Å²) in [5.74, 6) is 0.363. The Balaban J connectivity index is 2.21. The fourth-order valence-electron chi connectivity index (χ4n) is 2.47. The maximum Gasteiger partial charge on any atom is 0.223 e. The zero-order valence-corrected chi connectivity index (χ0v) is 12.1. The minimum atomic E-state index is -0.275. The zero-order chi connectivity index (χ0) is 14.1. The molecule has 1 aliphatic rings. The van der Waals surface area contributed by atoms with Crippen molar-refractivity contribution in [3.8, 4) is 0 Å². The molecule has 1 rings (SSSR count). The van der Waals surface area contributed by atoms with E-state index < -0.39 is 0 Å². The molecule has 110 valence electrons. The van der Waals surface area contributed by atoms with E-state index in [1.807, 2.05) is 6.08 Å². The number of carbonyl (C=O) groups excluding carboxylic acids is 1. The summed E-state index contributed by atoms with van der Waals surface area (Å²) < 4.78 is 0. The Bertz CT molecular complexity index is 273. The molecule has 0 aliphatic carbocycles. The number of hydrogen-bond donors (Lipinski definition) is 2. The number of likely N-dealkylation sites (tertiary alicyclic amines) is 1. The van der Waals surface area contributed by atoms with E-state index in [9.17, 15) is 9.90 Å². The summed E-state index contributed by atoms with van der Waals surface area (Å²) in [6.45, 7) is 9.05. The quantitative estimate of drug-likeness (QED) is 0.657. The highest BCUT2D eigenvalue weighted by molar-refractivity contribution is 5.78. The molecular formula is C15H28N2O2. The van der Waals surface area contributed by atoms with Crippen LogP contribution in [0.15, 0.2) is 12.7 Å². The first-order valence-electron chi connectivity index (χ1n) is 7.46. The van der Waals surface area contributed by atoms with Crippen molar-refractivity contribution in [3.63, 3.8) is 0 Å². The Labute approximate surface area is 116 Å². The molecule has 4 nitrogen and oxygen atoms in total. The summed E-state index contributed by atoms with van der Waals surface area (Å²) in [5.41, 5.74) is 0. The van der Waals surface area contributed by atoms with Crippen molar-refractivity contribution >= 4 is 5.91 Å². The first-order valence-corrected chi connectivity index (χ1v) is 7.46. The lowest BCUT2D eigenvalue weighted by Crippen LogP contribution is -2.43. The van der Waals surface area contributed by atoms with Gasteiger partial charge in [-0.3, -0.25) is 4.79 Å². The average Bonchev–Trinajstić information content (AvgIpc) is 2.43. The monoisotopic (exact) mass is 268 g/mol. The van der Waals surface area contributed by atoms with Crippen LogP contribution in [0.4, 0.5) is 0 Å². The van der Waals surface area contributed by atoms with Crippen molar-refractivity contribution in [2.24, 2.45) is 5.92 Å². The molecule has 1 heterocycles. The molecule has 0 radical (unpaired) electrons. The predicted molar refractivity (Wildman–Crippen MR) is 77.9 cm³/mol. The first kappa shape index (κ1) is 16.2. The standard InChI is InChI=1S/C15H28N2O2/c1-3-5-6-14(18)12-17-10-7-13(8-11-17)15(19)16-9-4-2/h3,13-14,18H,1,4-12H2,2H3,(H,16,19). The van der Waals surface area contributed by atoms with Gasteiger partial charge >= 0.3 is 0 Å². The maximum atomic E-state index is 11.8. The summed E-state index contributed by atoms with van der Waals surface area (Å²) >= 11 is 0. The molecule has 1 saturated heterocycles. The zero-order valence-electron chi connectivity index (χ0n) is 12.1. The number of piperidine rings is 1. The number of aliphatic hydroxyl groups is 1. The van der Waals surface area contributed by atoms with Gasteiger partial charge in [0.1, 0.15) is 0 Å². The van der Waals surface area contributed by atoms with Gasteiger partial charge in [0.15, 0.2) is 0 Å².